The highest BCUT2D eigenvalue weighted by atomic mass is 16.2. The Hall–Kier alpha value is -1.87. The third kappa shape index (κ3) is 2.93. The Kier molecular flexibility index (Phi) is 4.17. The van der Waals surface area contributed by atoms with E-state index in [0.717, 1.165) is 22.8 Å². The summed E-state index contributed by atoms with van der Waals surface area (Å²) in [5, 5.41) is 2.24. The van der Waals surface area contributed by atoms with Gasteiger partial charge < -0.3 is 10.6 Å². The van der Waals surface area contributed by atoms with Gasteiger partial charge in [-0.2, -0.15) is 0 Å². The summed E-state index contributed by atoms with van der Waals surface area (Å²) in [7, 11) is 1.83. The zero-order chi connectivity index (χ0) is 13.8. The molecule has 0 spiro atoms. The van der Waals surface area contributed by atoms with Crippen LogP contribution in [-0.2, 0) is 0 Å². The molecular formula is C16H20N2O. The van der Waals surface area contributed by atoms with Gasteiger partial charge in [0.2, 0.25) is 0 Å². The maximum Gasteiger partial charge on any atom is 0.253 e. The van der Waals surface area contributed by atoms with Crippen molar-refractivity contribution in [1.29, 1.82) is 0 Å². The molecule has 100 valence electrons. The van der Waals surface area contributed by atoms with Crippen LogP contribution in [-0.4, -0.2) is 30.4 Å². The van der Waals surface area contributed by atoms with Crippen molar-refractivity contribution < 1.29 is 4.79 Å². The summed E-state index contributed by atoms with van der Waals surface area (Å²) in [5.41, 5.74) is 6.27. The fourth-order valence-corrected chi connectivity index (χ4v) is 2.16. The molecule has 0 aliphatic heterocycles. The molecule has 0 saturated carbocycles. The van der Waals surface area contributed by atoms with Crippen molar-refractivity contribution in [2.45, 2.75) is 19.4 Å². The largest absolute Gasteiger partial charge is 0.339 e. The van der Waals surface area contributed by atoms with Crippen LogP contribution in [0.25, 0.3) is 10.8 Å². The Bertz CT molecular complexity index is 580. The van der Waals surface area contributed by atoms with E-state index < -0.39 is 0 Å². The summed E-state index contributed by atoms with van der Waals surface area (Å²) in [6.07, 6.45) is 0.815. The molecule has 1 atom stereocenters. The minimum absolute atomic E-state index is 0.0479. The number of benzene rings is 2. The number of nitrogens with two attached hydrogens (primary N) is 1. The van der Waals surface area contributed by atoms with Crippen molar-refractivity contribution in [2.75, 3.05) is 13.6 Å². The molecule has 2 rings (SSSR count). The average molecular weight is 256 g/mol. The second-order valence-corrected chi connectivity index (χ2v) is 4.90. The number of fused-ring (bicyclic) bond motifs is 1. The summed E-state index contributed by atoms with van der Waals surface area (Å²) in [5.74, 6) is 0.0479. The van der Waals surface area contributed by atoms with Crippen LogP contribution in [0.3, 0.4) is 0 Å². The van der Waals surface area contributed by atoms with Gasteiger partial charge >= 0.3 is 0 Å². The van der Waals surface area contributed by atoms with Gasteiger partial charge in [-0.05, 0) is 42.8 Å². The van der Waals surface area contributed by atoms with Gasteiger partial charge in [-0.25, -0.2) is 0 Å². The van der Waals surface area contributed by atoms with Crippen molar-refractivity contribution in [3.05, 3.63) is 48.0 Å². The van der Waals surface area contributed by atoms with Crippen LogP contribution in [0.1, 0.15) is 23.7 Å². The molecule has 0 aliphatic rings. The highest BCUT2D eigenvalue weighted by Crippen LogP contribution is 2.17. The first-order chi connectivity index (χ1) is 9.13. The number of hydrogen-bond donors (Lipinski definition) is 1. The maximum absolute atomic E-state index is 12.4. The first-order valence-electron chi connectivity index (χ1n) is 6.59. The van der Waals surface area contributed by atoms with Crippen LogP contribution in [0, 0.1) is 0 Å². The fourth-order valence-electron chi connectivity index (χ4n) is 2.16. The molecule has 0 radical (unpaired) electrons. The standard InChI is InChI=1S/C16H20N2O/c1-12(9-10-17)18(2)16(19)15-8-7-13-5-3-4-6-14(13)11-15/h3-8,11-12H,9-10,17H2,1-2H3. The monoisotopic (exact) mass is 256 g/mol. The van der Waals surface area contributed by atoms with Crippen LogP contribution in [0.4, 0.5) is 0 Å². The molecule has 1 unspecified atom stereocenters. The number of nitrogens with zero attached hydrogens (tertiary/aromatic N) is 1. The average Bonchev–Trinajstić information content (AvgIpc) is 2.45. The summed E-state index contributed by atoms with van der Waals surface area (Å²) in [4.78, 5) is 14.2. The molecule has 0 aromatic heterocycles. The molecule has 19 heavy (non-hydrogen) atoms. The SMILES string of the molecule is CC(CCN)N(C)C(=O)c1ccc2ccccc2c1. The molecule has 0 saturated heterocycles. The summed E-state index contributed by atoms with van der Waals surface area (Å²) in [6, 6.07) is 14.0. The zero-order valence-corrected chi connectivity index (χ0v) is 11.5. The topological polar surface area (TPSA) is 46.3 Å². The normalized spacial score (nSPS) is 12.4. The van der Waals surface area contributed by atoms with Gasteiger partial charge in [0, 0.05) is 18.7 Å². The van der Waals surface area contributed by atoms with Gasteiger partial charge in [-0.3, -0.25) is 4.79 Å². The van der Waals surface area contributed by atoms with E-state index >= 15 is 0 Å². The number of amides is 1. The number of rotatable bonds is 4. The molecular weight excluding hydrogens is 236 g/mol. The second kappa shape index (κ2) is 5.85. The number of carbonyl (C=O) groups excluding carboxylic acids is 1. The van der Waals surface area contributed by atoms with E-state index in [1.165, 1.54) is 0 Å². The lowest BCUT2D eigenvalue weighted by molar-refractivity contribution is 0.0739. The Morgan fingerprint density at radius 1 is 1.21 bits per heavy atom. The van der Waals surface area contributed by atoms with Gasteiger partial charge in [0.05, 0.1) is 0 Å². The Morgan fingerprint density at radius 3 is 2.58 bits per heavy atom. The number of hydrogen-bond acceptors (Lipinski definition) is 2. The lowest BCUT2D eigenvalue weighted by Crippen LogP contribution is -2.36. The van der Waals surface area contributed by atoms with Gasteiger partial charge in [0.25, 0.3) is 5.91 Å². The van der Waals surface area contributed by atoms with Gasteiger partial charge in [0.1, 0.15) is 0 Å². The fraction of sp³-hybridized carbons (Fsp3) is 0.312. The lowest BCUT2D eigenvalue weighted by Gasteiger charge is -2.24. The second-order valence-electron chi connectivity index (χ2n) is 4.90. The Labute approximate surface area is 114 Å². The van der Waals surface area contributed by atoms with Crippen molar-refractivity contribution in [2.24, 2.45) is 5.73 Å². The molecule has 3 heteroatoms. The van der Waals surface area contributed by atoms with Crippen molar-refractivity contribution in [1.82, 2.24) is 4.90 Å². The van der Waals surface area contributed by atoms with E-state index in [4.69, 9.17) is 5.73 Å². The molecule has 0 fully saturated rings. The minimum Gasteiger partial charge on any atom is -0.339 e. The predicted molar refractivity (Wildman–Crippen MR) is 79.2 cm³/mol. The molecule has 0 aliphatic carbocycles. The first kappa shape index (κ1) is 13.6. The van der Waals surface area contributed by atoms with E-state index in [1.54, 1.807) is 4.90 Å². The highest BCUT2D eigenvalue weighted by molar-refractivity contribution is 5.98. The molecule has 3 nitrogen and oxygen atoms in total. The van der Waals surface area contributed by atoms with Crippen molar-refractivity contribution in [3.8, 4) is 0 Å². The van der Waals surface area contributed by atoms with Crippen LogP contribution in [0.15, 0.2) is 42.5 Å². The van der Waals surface area contributed by atoms with E-state index in [9.17, 15) is 4.79 Å². The third-order valence-corrected chi connectivity index (χ3v) is 3.56. The maximum atomic E-state index is 12.4. The van der Waals surface area contributed by atoms with Crippen LogP contribution >= 0.6 is 0 Å². The van der Waals surface area contributed by atoms with Crippen LogP contribution in [0.2, 0.25) is 0 Å². The molecule has 2 aromatic rings. The van der Waals surface area contributed by atoms with E-state index in [1.807, 2.05) is 56.4 Å². The molecule has 0 heterocycles. The predicted octanol–water partition coefficient (Wildman–Crippen LogP) is 2.65. The molecule has 1 amide bonds. The molecule has 0 bridgehead atoms. The van der Waals surface area contributed by atoms with Crippen molar-refractivity contribution in [3.63, 3.8) is 0 Å². The van der Waals surface area contributed by atoms with Gasteiger partial charge in [-0.15, -0.1) is 0 Å². The highest BCUT2D eigenvalue weighted by Gasteiger charge is 2.16. The summed E-state index contributed by atoms with van der Waals surface area (Å²) < 4.78 is 0. The summed E-state index contributed by atoms with van der Waals surface area (Å²) >= 11 is 0. The van der Waals surface area contributed by atoms with E-state index in [-0.39, 0.29) is 11.9 Å². The smallest absolute Gasteiger partial charge is 0.253 e. The summed E-state index contributed by atoms with van der Waals surface area (Å²) in [6.45, 7) is 2.61. The van der Waals surface area contributed by atoms with Gasteiger partial charge in [0.15, 0.2) is 0 Å². The van der Waals surface area contributed by atoms with Crippen molar-refractivity contribution >= 4 is 16.7 Å². The first-order valence-corrected chi connectivity index (χ1v) is 6.59. The van der Waals surface area contributed by atoms with E-state index in [2.05, 4.69) is 0 Å². The zero-order valence-electron chi connectivity index (χ0n) is 11.5. The van der Waals surface area contributed by atoms with Crippen LogP contribution in [0.5, 0.6) is 0 Å². The minimum atomic E-state index is 0.0479. The van der Waals surface area contributed by atoms with E-state index in [0.29, 0.717) is 6.54 Å². The number of carbonyl (C=O) groups is 1. The van der Waals surface area contributed by atoms with Gasteiger partial charge in [-0.1, -0.05) is 30.3 Å². The van der Waals surface area contributed by atoms with Crippen LogP contribution < -0.4 is 5.73 Å². The molecule has 2 aromatic carbocycles. The Balaban J connectivity index is 2.26. The quantitative estimate of drug-likeness (QED) is 0.914. The lowest BCUT2D eigenvalue weighted by atomic mass is 10.1. The third-order valence-electron chi connectivity index (χ3n) is 3.56. The Morgan fingerprint density at radius 2 is 1.89 bits per heavy atom. The molecule has 2 N–H and O–H groups in total.